The Hall–Kier alpha value is -3.38. The van der Waals surface area contributed by atoms with Crippen LogP contribution in [0, 0.1) is 0 Å². The summed E-state index contributed by atoms with van der Waals surface area (Å²) in [6.45, 7) is 9.56. The van der Waals surface area contributed by atoms with Crippen molar-refractivity contribution < 1.29 is 23.8 Å². The van der Waals surface area contributed by atoms with Crippen molar-refractivity contribution in [3.63, 3.8) is 0 Å². The maximum atomic E-state index is 12.5. The lowest BCUT2D eigenvalue weighted by atomic mass is 10.2. The van der Waals surface area contributed by atoms with E-state index in [1.54, 1.807) is 26.8 Å². The number of rotatable bonds is 10. The number of hydrogen-bond acceptors (Lipinski definition) is 5. The highest BCUT2D eigenvalue weighted by atomic mass is 16.6. The fourth-order valence-electron chi connectivity index (χ4n) is 2.60. The topological polar surface area (TPSA) is 73.9 Å². The van der Waals surface area contributed by atoms with Crippen LogP contribution in [0.3, 0.4) is 0 Å². The third-order valence-electron chi connectivity index (χ3n) is 4.02. The Morgan fingerprint density at radius 1 is 0.853 bits per heavy atom. The highest BCUT2D eigenvalue weighted by molar-refractivity contribution is 5.81. The second kappa shape index (κ2) is 16.3. The van der Waals surface area contributed by atoms with Gasteiger partial charge in [0.25, 0.3) is 0 Å². The van der Waals surface area contributed by atoms with E-state index in [4.69, 9.17) is 14.2 Å². The summed E-state index contributed by atoms with van der Waals surface area (Å²) >= 11 is 0. The Morgan fingerprint density at radius 2 is 1.35 bits per heavy atom. The summed E-state index contributed by atoms with van der Waals surface area (Å²) in [7, 11) is 0. The van der Waals surface area contributed by atoms with Gasteiger partial charge in [0.1, 0.15) is 12.2 Å². The number of amides is 1. The Kier molecular flexibility index (Phi) is 13.7. The van der Waals surface area contributed by atoms with Gasteiger partial charge in [0.2, 0.25) is 0 Å². The van der Waals surface area contributed by atoms with Gasteiger partial charge in [0, 0.05) is 0 Å². The first-order chi connectivity index (χ1) is 16.3. The zero-order valence-electron chi connectivity index (χ0n) is 20.8. The molecule has 0 aliphatic carbocycles. The first-order valence-corrected chi connectivity index (χ1v) is 11.5. The standard InChI is InChI=1S/C26H31NO5.C2H6/c1-26(2,3)32-25(29)27-23(20-30-18-10-16-21-12-6-4-7-13-21)24(28)31-19-11-17-22-14-8-5-9-15-22;1-2/h4-17,23H,18-20H2,1-3H3,(H,27,29);1-2H3/b16-10+,17-11+;. The third-order valence-corrected chi connectivity index (χ3v) is 4.02. The highest BCUT2D eigenvalue weighted by Gasteiger charge is 2.25. The van der Waals surface area contributed by atoms with E-state index in [-0.39, 0.29) is 19.8 Å². The Bertz CT molecular complexity index is 886. The van der Waals surface area contributed by atoms with Gasteiger partial charge in [-0.2, -0.15) is 0 Å². The normalized spacial score (nSPS) is 12.0. The maximum Gasteiger partial charge on any atom is 0.408 e. The number of carbonyl (C=O) groups is 2. The summed E-state index contributed by atoms with van der Waals surface area (Å²) in [6, 6.07) is 18.5. The molecule has 2 aromatic carbocycles. The average molecular weight is 468 g/mol. The van der Waals surface area contributed by atoms with Crippen LogP contribution in [0.1, 0.15) is 45.7 Å². The smallest absolute Gasteiger partial charge is 0.408 e. The molecular weight excluding hydrogens is 430 g/mol. The summed E-state index contributed by atoms with van der Waals surface area (Å²) in [5.74, 6) is -0.597. The van der Waals surface area contributed by atoms with Crippen molar-refractivity contribution in [1.29, 1.82) is 0 Å². The molecule has 6 nitrogen and oxygen atoms in total. The lowest BCUT2D eigenvalue weighted by Gasteiger charge is -2.22. The van der Waals surface area contributed by atoms with Crippen LogP contribution in [-0.4, -0.2) is 43.5 Å². The second-order valence-electron chi connectivity index (χ2n) is 7.99. The predicted molar refractivity (Wildman–Crippen MR) is 137 cm³/mol. The molecule has 0 radical (unpaired) electrons. The molecule has 1 unspecified atom stereocenters. The van der Waals surface area contributed by atoms with Crippen molar-refractivity contribution in [3.8, 4) is 0 Å². The molecule has 184 valence electrons. The van der Waals surface area contributed by atoms with Crippen LogP contribution in [0.15, 0.2) is 72.8 Å². The van der Waals surface area contributed by atoms with Crippen LogP contribution in [0.2, 0.25) is 0 Å². The van der Waals surface area contributed by atoms with E-state index < -0.39 is 23.7 Å². The number of ether oxygens (including phenoxy) is 3. The van der Waals surface area contributed by atoms with Crippen molar-refractivity contribution in [2.75, 3.05) is 19.8 Å². The summed E-state index contributed by atoms with van der Waals surface area (Å²) in [5.41, 5.74) is 1.36. The van der Waals surface area contributed by atoms with Gasteiger partial charge in [-0.15, -0.1) is 0 Å². The zero-order valence-corrected chi connectivity index (χ0v) is 20.8. The Labute approximate surface area is 203 Å². The average Bonchev–Trinajstić information content (AvgIpc) is 2.82. The summed E-state index contributed by atoms with van der Waals surface area (Å²) in [4.78, 5) is 24.7. The second-order valence-corrected chi connectivity index (χ2v) is 7.99. The molecule has 1 atom stereocenters. The quantitative estimate of drug-likeness (QED) is 0.348. The summed E-state index contributed by atoms with van der Waals surface area (Å²) < 4.78 is 16.1. The fourth-order valence-corrected chi connectivity index (χ4v) is 2.60. The first-order valence-electron chi connectivity index (χ1n) is 11.5. The SMILES string of the molecule is CC.CC(C)(C)OC(=O)NC(COC/C=C/c1ccccc1)C(=O)OC/C=C/c1ccccc1. The molecule has 0 fully saturated rings. The molecule has 0 aliphatic rings. The summed E-state index contributed by atoms with van der Waals surface area (Å²) in [6.07, 6.45) is 6.65. The molecule has 0 saturated heterocycles. The number of hydrogen-bond donors (Lipinski definition) is 1. The molecule has 0 aromatic heterocycles. The molecule has 0 heterocycles. The van der Waals surface area contributed by atoms with E-state index >= 15 is 0 Å². The van der Waals surface area contributed by atoms with Gasteiger partial charge in [-0.05, 0) is 38.0 Å². The van der Waals surface area contributed by atoms with Crippen LogP contribution < -0.4 is 5.32 Å². The molecule has 0 spiro atoms. The van der Waals surface area contributed by atoms with Gasteiger partial charge in [0.15, 0.2) is 6.04 Å². The zero-order chi connectivity index (χ0) is 25.2. The monoisotopic (exact) mass is 467 g/mol. The molecule has 2 rings (SSSR count). The van der Waals surface area contributed by atoms with Crippen LogP contribution in [-0.2, 0) is 19.0 Å². The van der Waals surface area contributed by atoms with Gasteiger partial charge in [-0.25, -0.2) is 9.59 Å². The van der Waals surface area contributed by atoms with Gasteiger partial charge >= 0.3 is 12.1 Å². The number of benzene rings is 2. The van der Waals surface area contributed by atoms with Crippen molar-refractivity contribution in [3.05, 3.63) is 83.9 Å². The molecule has 34 heavy (non-hydrogen) atoms. The minimum atomic E-state index is -0.986. The molecule has 1 N–H and O–H groups in total. The number of nitrogens with one attached hydrogen (secondary N) is 1. The van der Waals surface area contributed by atoms with E-state index in [1.165, 1.54) is 0 Å². The van der Waals surface area contributed by atoms with Gasteiger partial charge in [-0.1, -0.05) is 92.7 Å². The van der Waals surface area contributed by atoms with Crippen LogP contribution in [0.4, 0.5) is 4.79 Å². The Balaban J connectivity index is 0.00000281. The minimum Gasteiger partial charge on any atom is -0.460 e. The van der Waals surface area contributed by atoms with Gasteiger partial charge < -0.3 is 19.5 Å². The van der Waals surface area contributed by atoms with E-state index in [1.807, 2.05) is 92.7 Å². The van der Waals surface area contributed by atoms with Crippen molar-refractivity contribution in [1.82, 2.24) is 5.32 Å². The fraction of sp³-hybridized carbons (Fsp3) is 0.357. The largest absolute Gasteiger partial charge is 0.460 e. The molecule has 6 heteroatoms. The predicted octanol–water partition coefficient (Wildman–Crippen LogP) is 5.89. The van der Waals surface area contributed by atoms with Crippen molar-refractivity contribution in [2.45, 2.75) is 46.3 Å². The van der Waals surface area contributed by atoms with E-state index in [0.29, 0.717) is 0 Å². The summed E-state index contributed by atoms with van der Waals surface area (Å²) in [5, 5.41) is 2.53. The molecule has 0 aliphatic heterocycles. The Morgan fingerprint density at radius 3 is 1.85 bits per heavy atom. The maximum absolute atomic E-state index is 12.5. The van der Waals surface area contributed by atoms with Crippen LogP contribution in [0.25, 0.3) is 12.2 Å². The number of esters is 1. The van der Waals surface area contributed by atoms with E-state index in [0.717, 1.165) is 11.1 Å². The first kappa shape index (κ1) is 28.7. The third kappa shape index (κ3) is 13.2. The minimum absolute atomic E-state index is 0.0421. The molecule has 2 aromatic rings. The lowest BCUT2D eigenvalue weighted by molar-refractivity contribution is -0.146. The van der Waals surface area contributed by atoms with E-state index in [9.17, 15) is 9.59 Å². The molecule has 0 saturated carbocycles. The lowest BCUT2D eigenvalue weighted by Crippen LogP contribution is -2.47. The number of alkyl carbamates (subject to hydrolysis) is 1. The van der Waals surface area contributed by atoms with Gasteiger partial charge in [-0.3, -0.25) is 0 Å². The van der Waals surface area contributed by atoms with E-state index in [2.05, 4.69) is 5.32 Å². The molecule has 0 bridgehead atoms. The molecular formula is C28H37NO5. The highest BCUT2D eigenvalue weighted by Crippen LogP contribution is 2.07. The van der Waals surface area contributed by atoms with Crippen molar-refractivity contribution >= 4 is 24.2 Å². The number of carbonyl (C=O) groups excluding carboxylic acids is 2. The van der Waals surface area contributed by atoms with Crippen molar-refractivity contribution in [2.24, 2.45) is 0 Å². The van der Waals surface area contributed by atoms with Crippen LogP contribution >= 0.6 is 0 Å². The van der Waals surface area contributed by atoms with Crippen LogP contribution in [0.5, 0.6) is 0 Å². The molecule has 1 amide bonds. The van der Waals surface area contributed by atoms with Gasteiger partial charge in [0.05, 0.1) is 13.2 Å².